The zero-order valence-corrected chi connectivity index (χ0v) is 4.20. The molecule has 3 heteroatoms. The molecule has 0 saturated carbocycles. The molecule has 1 rings (SSSR count). The molecule has 0 unspecified atom stereocenters. The van der Waals surface area contributed by atoms with Crippen LogP contribution in [0.5, 0.6) is 0 Å². The quantitative estimate of drug-likeness (QED) is 0.373. The molecule has 0 aliphatic carbocycles. The third kappa shape index (κ3) is 0.995. The summed E-state index contributed by atoms with van der Waals surface area (Å²) >= 11 is 0. The molecule has 0 fully saturated rings. The van der Waals surface area contributed by atoms with E-state index in [1.54, 1.807) is 25.4 Å². The van der Waals surface area contributed by atoms with Gasteiger partial charge in [-0.05, 0) is 6.08 Å². The average molecular weight is 107 g/mol. The van der Waals surface area contributed by atoms with Gasteiger partial charge in [0.05, 0.1) is 5.66 Å². The van der Waals surface area contributed by atoms with E-state index < -0.39 is 0 Å². The van der Waals surface area contributed by atoms with E-state index in [1.165, 1.54) is 0 Å². The maximum absolute atomic E-state index is 9.65. The third-order valence-electron chi connectivity index (χ3n) is 0.816. The Morgan fingerprint density at radius 1 is 1.75 bits per heavy atom. The highest BCUT2D eigenvalue weighted by Gasteiger charge is 1.98. The zero-order chi connectivity index (χ0) is 5.82. The molecule has 0 aromatic rings. The molecule has 0 saturated heterocycles. The van der Waals surface area contributed by atoms with Crippen molar-refractivity contribution in [3.63, 3.8) is 0 Å². The number of ether oxygens (including phenoxy) is 1. The van der Waals surface area contributed by atoms with Gasteiger partial charge in [-0.3, -0.25) is 4.79 Å². The Hall–Kier alpha value is -0.985. The van der Waals surface area contributed by atoms with Crippen LogP contribution in [0.25, 0.3) is 0 Å². The summed E-state index contributed by atoms with van der Waals surface area (Å²) in [6.07, 6.45) is 3.52. The highest BCUT2D eigenvalue weighted by Crippen LogP contribution is 1.99. The fraction of sp³-hybridized carbons (Fsp3) is 0. The Kier molecular flexibility index (Phi) is 1.52. The van der Waals surface area contributed by atoms with Crippen LogP contribution < -0.4 is 0 Å². The lowest BCUT2D eigenvalue weighted by atomic mass is 9.80. The van der Waals surface area contributed by atoms with Gasteiger partial charge in [0.1, 0.15) is 0 Å². The summed E-state index contributed by atoms with van der Waals surface area (Å²) in [6, 6.07) is 0. The van der Waals surface area contributed by atoms with Gasteiger partial charge in [0, 0.05) is 0 Å². The van der Waals surface area contributed by atoms with Crippen molar-refractivity contribution in [2.24, 2.45) is 0 Å². The summed E-state index contributed by atoms with van der Waals surface area (Å²) in [7, 11) is 1.72. The second kappa shape index (κ2) is 2.35. The molecule has 0 atom stereocenters. The molecule has 0 bridgehead atoms. The number of carbonyl (C=O) groups is 1. The second-order valence-electron chi connectivity index (χ2n) is 1.33. The Labute approximate surface area is 48.1 Å². The Morgan fingerprint density at radius 3 is 3.12 bits per heavy atom. The lowest BCUT2D eigenvalue weighted by Gasteiger charge is -1.91. The Morgan fingerprint density at radius 2 is 2.62 bits per heavy atom. The SMILES string of the molecule is O=COC1=CC=C[B]1. The lowest BCUT2D eigenvalue weighted by molar-refractivity contribution is -0.124. The van der Waals surface area contributed by atoms with Crippen LogP contribution in [0.4, 0.5) is 0 Å². The highest BCUT2D eigenvalue weighted by atomic mass is 16.5. The predicted octanol–water partition coefficient (Wildman–Crippen LogP) is 0.232. The maximum atomic E-state index is 9.65. The summed E-state index contributed by atoms with van der Waals surface area (Å²) in [5.41, 5.74) is 0.597. The van der Waals surface area contributed by atoms with Crippen molar-refractivity contribution in [2.75, 3.05) is 0 Å². The van der Waals surface area contributed by atoms with E-state index in [-0.39, 0.29) is 0 Å². The van der Waals surface area contributed by atoms with Gasteiger partial charge in [-0.25, -0.2) is 0 Å². The first-order valence-corrected chi connectivity index (χ1v) is 2.25. The van der Waals surface area contributed by atoms with Crippen molar-refractivity contribution in [2.45, 2.75) is 0 Å². The van der Waals surface area contributed by atoms with Crippen LogP contribution in [-0.4, -0.2) is 13.8 Å². The molecule has 8 heavy (non-hydrogen) atoms. The Balaban J connectivity index is 2.39. The summed E-state index contributed by atoms with van der Waals surface area (Å²) in [6.45, 7) is 0.412. The van der Waals surface area contributed by atoms with Gasteiger partial charge in [0.2, 0.25) is 7.28 Å². The van der Waals surface area contributed by atoms with Crippen molar-refractivity contribution in [3.8, 4) is 0 Å². The molecule has 1 aliphatic rings. The first kappa shape index (κ1) is 5.16. The molecule has 1 heterocycles. The van der Waals surface area contributed by atoms with Gasteiger partial charge in [-0.15, -0.1) is 5.98 Å². The van der Waals surface area contributed by atoms with Crippen LogP contribution in [0.3, 0.4) is 0 Å². The second-order valence-corrected chi connectivity index (χ2v) is 1.33. The van der Waals surface area contributed by atoms with Crippen molar-refractivity contribution in [1.29, 1.82) is 0 Å². The summed E-state index contributed by atoms with van der Waals surface area (Å²) < 4.78 is 4.47. The molecule has 0 N–H and O–H groups in total. The minimum Gasteiger partial charge on any atom is -0.444 e. The zero-order valence-electron chi connectivity index (χ0n) is 4.20. The van der Waals surface area contributed by atoms with Crippen molar-refractivity contribution in [1.82, 2.24) is 0 Å². The normalized spacial score (nSPS) is 14.8. The summed E-state index contributed by atoms with van der Waals surface area (Å²) in [5.74, 6) is 1.80. The minimum absolute atomic E-state index is 0.412. The van der Waals surface area contributed by atoms with E-state index in [0.717, 1.165) is 0 Å². The molecule has 2 nitrogen and oxygen atoms in total. The van der Waals surface area contributed by atoms with Gasteiger partial charge in [-0.1, -0.05) is 6.08 Å². The molecule has 0 amide bonds. The van der Waals surface area contributed by atoms with E-state index in [0.29, 0.717) is 12.1 Å². The molecular formula is C5H4BO2. The van der Waals surface area contributed by atoms with Crippen LogP contribution in [0.1, 0.15) is 0 Å². The lowest BCUT2D eigenvalue weighted by Crippen LogP contribution is -1.92. The van der Waals surface area contributed by atoms with E-state index in [4.69, 9.17) is 0 Å². The number of hydrogen-bond acceptors (Lipinski definition) is 2. The number of carbonyl (C=O) groups excluding carboxylic acids is 1. The largest absolute Gasteiger partial charge is 0.444 e. The first-order chi connectivity index (χ1) is 3.93. The monoisotopic (exact) mass is 107 g/mol. The topological polar surface area (TPSA) is 26.3 Å². The number of hydrogen-bond donors (Lipinski definition) is 0. The third-order valence-corrected chi connectivity index (χ3v) is 0.816. The van der Waals surface area contributed by atoms with E-state index in [1.807, 2.05) is 0 Å². The fourth-order valence-electron chi connectivity index (χ4n) is 0.490. The maximum Gasteiger partial charge on any atom is 0.297 e. The van der Waals surface area contributed by atoms with Gasteiger partial charge < -0.3 is 4.74 Å². The first-order valence-electron chi connectivity index (χ1n) is 2.25. The molecule has 39 valence electrons. The van der Waals surface area contributed by atoms with Crippen LogP contribution in [0, 0.1) is 0 Å². The summed E-state index contributed by atoms with van der Waals surface area (Å²) in [5, 5.41) is 0. The van der Waals surface area contributed by atoms with E-state index in [9.17, 15) is 4.79 Å². The standard InChI is InChI=1S/C5H4BO2/c7-4-8-5-2-1-3-6-5/h1-4H. The predicted molar refractivity (Wildman–Crippen MR) is 30.1 cm³/mol. The van der Waals surface area contributed by atoms with Crippen LogP contribution in [-0.2, 0) is 9.53 Å². The number of rotatable bonds is 2. The molecule has 0 aromatic carbocycles. The van der Waals surface area contributed by atoms with Gasteiger partial charge in [0.15, 0.2) is 0 Å². The molecule has 1 aliphatic heterocycles. The Bertz CT molecular complexity index is 149. The van der Waals surface area contributed by atoms with Crippen LogP contribution >= 0.6 is 0 Å². The summed E-state index contributed by atoms with van der Waals surface area (Å²) in [4.78, 5) is 9.65. The van der Waals surface area contributed by atoms with Gasteiger partial charge in [-0.2, -0.15) is 0 Å². The smallest absolute Gasteiger partial charge is 0.297 e. The van der Waals surface area contributed by atoms with E-state index in [2.05, 4.69) is 4.74 Å². The number of allylic oxidation sites excluding steroid dienone is 2. The molecule has 0 spiro atoms. The van der Waals surface area contributed by atoms with Crippen molar-refractivity contribution < 1.29 is 9.53 Å². The minimum atomic E-state index is 0.412. The average Bonchev–Trinajstić information content (AvgIpc) is 2.19. The molecule has 0 aromatic heterocycles. The molecular weight excluding hydrogens is 103 g/mol. The van der Waals surface area contributed by atoms with E-state index >= 15 is 0 Å². The fourth-order valence-corrected chi connectivity index (χ4v) is 0.490. The van der Waals surface area contributed by atoms with Crippen LogP contribution in [0.2, 0.25) is 0 Å². The van der Waals surface area contributed by atoms with Crippen LogP contribution in [0.15, 0.2) is 23.8 Å². The van der Waals surface area contributed by atoms with Crippen molar-refractivity contribution in [3.05, 3.63) is 23.8 Å². The van der Waals surface area contributed by atoms with Gasteiger partial charge >= 0.3 is 0 Å². The van der Waals surface area contributed by atoms with Crippen molar-refractivity contribution >= 4 is 13.8 Å². The molecule has 1 radical (unpaired) electrons. The van der Waals surface area contributed by atoms with Gasteiger partial charge in [0.25, 0.3) is 6.47 Å². The highest BCUT2D eigenvalue weighted by molar-refractivity contribution is 6.51.